The van der Waals surface area contributed by atoms with E-state index in [0.29, 0.717) is 53.3 Å². The van der Waals surface area contributed by atoms with Gasteiger partial charge in [0.2, 0.25) is 0 Å². The van der Waals surface area contributed by atoms with Gasteiger partial charge < -0.3 is 19.7 Å². The van der Waals surface area contributed by atoms with Crippen molar-refractivity contribution >= 4 is 50.8 Å². The van der Waals surface area contributed by atoms with Gasteiger partial charge in [-0.3, -0.25) is 14.9 Å². The van der Waals surface area contributed by atoms with Crippen LogP contribution >= 0.6 is 28.1 Å². The van der Waals surface area contributed by atoms with Gasteiger partial charge in [0.15, 0.2) is 5.11 Å². The van der Waals surface area contributed by atoms with Crippen LogP contribution in [0.5, 0.6) is 5.75 Å². The predicted molar refractivity (Wildman–Crippen MR) is 129 cm³/mol. The summed E-state index contributed by atoms with van der Waals surface area (Å²) in [5.74, 6) is 0.247. The Labute approximate surface area is 196 Å². The number of thiocarbonyl (C=S) groups is 1. The molecular formula is C22H26BrN3O4S. The third kappa shape index (κ3) is 7.30. The van der Waals surface area contributed by atoms with Crippen LogP contribution in [0.3, 0.4) is 0 Å². The highest BCUT2D eigenvalue weighted by molar-refractivity contribution is 9.10. The van der Waals surface area contributed by atoms with Gasteiger partial charge in [-0.2, -0.15) is 0 Å². The van der Waals surface area contributed by atoms with E-state index in [0.717, 1.165) is 0 Å². The molecule has 0 atom stereocenters. The van der Waals surface area contributed by atoms with Crippen LogP contribution in [0.15, 0.2) is 46.9 Å². The first-order chi connectivity index (χ1) is 14.9. The SMILES string of the molecule is CCN(CC)C(=O)c1ccc(NC(=S)NC(=O)c2ccc(OCCOC)c(Br)c2)cc1. The van der Waals surface area contributed by atoms with Crippen molar-refractivity contribution in [3.05, 3.63) is 58.1 Å². The van der Waals surface area contributed by atoms with Crippen molar-refractivity contribution in [1.29, 1.82) is 0 Å². The van der Waals surface area contributed by atoms with Crippen LogP contribution in [0.1, 0.15) is 34.6 Å². The molecule has 2 amide bonds. The second-order valence-electron chi connectivity index (χ2n) is 6.45. The van der Waals surface area contributed by atoms with E-state index < -0.39 is 0 Å². The molecule has 7 nitrogen and oxygen atoms in total. The lowest BCUT2D eigenvalue weighted by Gasteiger charge is -2.18. The van der Waals surface area contributed by atoms with Crippen molar-refractivity contribution in [2.24, 2.45) is 0 Å². The number of halogens is 1. The molecule has 0 aromatic heterocycles. The molecule has 2 aromatic rings. The van der Waals surface area contributed by atoms with Gasteiger partial charge in [-0.15, -0.1) is 0 Å². The number of nitrogens with zero attached hydrogens (tertiary/aromatic N) is 1. The number of carbonyl (C=O) groups excluding carboxylic acids is 2. The van der Waals surface area contributed by atoms with Crippen LogP contribution in [0, 0.1) is 0 Å². The summed E-state index contributed by atoms with van der Waals surface area (Å²) in [6.45, 7) is 6.08. The molecular weight excluding hydrogens is 482 g/mol. The molecule has 0 aliphatic rings. The average Bonchev–Trinajstić information content (AvgIpc) is 2.76. The highest BCUT2D eigenvalue weighted by atomic mass is 79.9. The largest absolute Gasteiger partial charge is 0.490 e. The Kier molecular flexibility index (Phi) is 9.90. The third-order valence-electron chi connectivity index (χ3n) is 4.41. The van der Waals surface area contributed by atoms with E-state index in [1.54, 1.807) is 54.5 Å². The van der Waals surface area contributed by atoms with Gasteiger partial charge in [0.1, 0.15) is 12.4 Å². The lowest BCUT2D eigenvalue weighted by molar-refractivity contribution is 0.0772. The van der Waals surface area contributed by atoms with E-state index >= 15 is 0 Å². The van der Waals surface area contributed by atoms with Gasteiger partial charge in [-0.05, 0) is 84.5 Å². The van der Waals surface area contributed by atoms with E-state index in [2.05, 4.69) is 26.6 Å². The second-order valence-corrected chi connectivity index (χ2v) is 7.71. The first-order valence-electron chi connectivity index (χ1n) is 9.82. The molecule has 0 radical (unpaired) electrons. The smallest absolute Gasteiger partial charge is 0.257 e. The molecule has 0 aliphatic heterocycles. The molecule has 0 unspecified atom stereocenters. The summed E-state index contributed by atoms with van der Waals surface area (Å²) < 4.78 is 11.2. The molecule has 2 aromatic carbocycles. The van der Waals surface area contributed by atoms with Crippen molar-refractivity contribution < 1.29 is 19.1 Å². The van der Waals surface area contributed by atoms with E-state index in [4.69, 9.17) is 21.7 Å². The number of hydrogen-bond acceptors (Lipinski definition) is 5. The van der Waals surface area contributed by atoms with Crippen LogP contribution in [0.25, 0.3) is 0 Å². The maximum absolute atomic E-state index is 12.5. The standard InChI is InChI=1S/C22H26BrN3O4S/c1-4-26(5-2)21(28)15-6-9-17(10-7-15)24-22(31)25-20(27)16-8-11-19(18(23)14-16)30-13-12-29-3/h6-11,14H,4-5,12-13H2,1-3H3,(H2,24,25,27,31). The fraction of sp³-hybridized carbons (Fsp3) is 0.318. The summed E-state index contributed by atoms with van der Waals surface area (Å²) >= 11 is 8.64. The van der Waals surface area contributed by atoms with Crippen molar-refractivity contribution in [2.75, 3.05) is 38.7 Å². The fourth-order valence-corrected chi connectivity index (χ4v) is 3.43. The zero-order valence-electron chi connectivity index (χ0n) is 17.7. The first kappa shape index (κ1) is 24.8. The highest BCUT2D eigenvalue weighted by Crippen LogP contribution is 2.26. The van der Waals surface area contributed by atoms with Gasteiger partial charge in [0.25, 0.3) is 11.8 Å². The molecule has 0 fully saturated rings. The van der Waals surface area contributed by atoms with Gasteiger partial charge in [0, 0.05) is 37.0 Å². The van der Waals surface area contributed by atoms with E-state index in [-0.39, 0.29) is 16.9 Å². The van der Waals surface area contributed by atoms with Gasteiger partial charge in [0.05, 0.1) is 11.1 Å². The number of carbonyl (C=O) groups is 2. The van der Waals surface area contributed by atoms with Gasteiger partial charge >= 0.3 is 0 Å². The third-order valence-corrected chi connectivity index (χ3v) is 5.23. The molecule has 31 heavy (non-hydrogen) atoms. The Bertz CT molecular complexity index is 917. The fourth-order valence-electron chi connectivity index (χ4n) is 2.72. The van der Waals surface area contributed by atoms with E-state index in [1.165, 1.54) is 0 Å². The van der Waals surface area contributed by atoms with Crippen molar-refractivity contribution in [1.82, 2.24) is 10.2 Å². The maximum Gasteiger partial charge on any atom is 0.257 e. The Balaban J connectivity index is 1.94. The Morgan fingerprint density at radius 2 is 1.68 bits per heavy atom. The Morgan fingerprint density at radius 1 is 1.03 bits per heavy atom. The topological polar surface area (TPSA) is 79.9 Å². The Hall–Kier alpha value is -2.49. The molecule has 0 bridgehead atoms. The van der Waals surface area contributed by atoms with Crippen molar-refractivity contribution in [3.63, 3.8) is 0 Å². The first-order valence-corrected chi connectivity index (χ1v) is 11.0. The number of hydrogen-bond donors (Lipinski definition) is 2. The summed E-state index contributed by atoms with van der Waals surface area (Å²) in [7, 11) is 1.60. The predicted octanol–water partition coefficient (Wildman–Crippen LogP) is 4.08. The molecule has 0 heterocycles. The minimum Gasteiger partial charge on any atom is -0.490 e. The van der Waals surface area contributed by atoms with E-state index in [9.17, 15) is 9.59 Å². The number of rotatable bonds is 9. The lowest BCUT2D eigenvalue weighted by Crippen LogP contribution is -2.34. The number of benzene rings is 2. The van der Waals surface area contributed by atoms with Crippen LogP contribution in [-0.4, -0.2) is 55.2 Å². The average molecular weight is 508 g/mol. The minimum atomic E-state index is -0.352. The quantitative estimate of drug-likeness (QED) is 0.393. The molecule has 0 saturated heterocycles. The molecule has 9 heteroatoms. The monoisotopic (exact) mass is 507 g/mol. The zero-order valence-corrected chi connectivity index (χ0v) is 20.1. The summed E-state index contributed by atoms with van der Waals surface area (Å²) in [4.78, 5) is 26.6. The molecule has 166 valence electrons. The van der Waals surface area contributed by atoms with Gasteiger partial charge in [-0.1, -0.05) is 0 Å². The molecule has 0 saturated carbocycles. The minimum absolute atomic E-state index is 0.0207. The number of amides is 2. The van der Waals surface area contributed by atoms with Crippen LogP contribution in [-0.2, 0) is 4.74 Å². The molecule has 0 spiro atoms. The summed E-state index contributed by atoms with van der Waals surface area (Å²) in [5.41, 5.74) is 1.70. The summed E-state index contributed by atoms with van der Waals surface area (Å²) in [6, 6.07) is 12.0. The normalized spacial score (nSPS) is 10.3. The Morgan fingerprint density at radius 3 is 2.26 bits per heavy atom. The van der Waals surface area contributed by atoms with Gasteiger partial charge in [-0.25, -0.2) is 0 Å². The van der Waals surface area contributed by atoms with Crippen LogP contribution < -0.4 is 15.4 Å². The highest BCUT2D eigenvalue weighted by Gasteiger charge is 2.13. The van der Waals surface area contributed by atoms with Crippen molar-refractivity contribution in [3.8, 4) is 5.75 Å². The molecule has 2 rings (SSSR count). The van der Waals surface area contributed by atoms with Crippen LogP contribution in [0.2, 0.25) is 0 Å². The van der Waals surface area contributed by atoms with Crippen LogP contribution in [0.4, 0.5) is 5.69 Å². The van der Waals surface area contributed by atoms with Crippen molar-refractivity contribution in [2.45, 2.75) is 13.8 Å². The number of methoxy groups -OCH3 is 1. The number of ether oxygens (including phenoxy) is 2. The summed E-state index contributed by atoms with van der Waals surface area (Å²) in [5, 5.41) is 5.75. The maximum atomic E-state index is 12.5. The zero-order chi connectivity index (χ0) is 22.8. The van der Waals surface area contributed by atoms with E-state index in [1.807, 2.05) is 13.8 Å². The lowest BCUT2D eigenvalue weighted by atomic mass is 10.2. The summed E-state index contributed by atoms with van der Waals surface area (Å²) in [6.07, 6.45) is 0. The number of anilines is 1. The second kappa shape index (κ2) is 12.4. The molecule has 0 aliphatic carbocycles. The number of nitrogens with one attached hydrogen (secondary N) is 2. The molecule has 2 N–H and O–H groups in total.